The van der Waals surface area contributed by atoms with Crippen molar-refractivity contribution in [1.29, 1.82) is 0 Å². The van der Waals surface area contributed by atoms with Gasteiger partial charge in [-0.2, -0.15) is 0 Å². The Balaban J connectivity index is 2.64. The van der Waals surface area contributed by atoms with E-state index in [0.29, 0.717) is 0 Å². The van der Waals surface area contributed by atoms with E-state index in [9.17, 15) is 0 Å². The average molecular weight is 153 g/mol. The molecule has 0 radical (unpaired) electrons. The van der Waals surface area contributed by atoms with Gasteiger partial charge in [0.15, 0.2) is 0 Å². The fraction of sp³-hybridized carbons (Fsp3) is 0.800. The Hall–Kier alpha value is -0.300. The van der Waals surface area contributed by atoms with E-state index in [1.165, 1.54) is 12.8 Å². The van der Waals surface area contributed by atoms with Gasteiger partial charge >= 0.3 is 0 Å². The lowest BCUT2D eigenvalue weighted by atomic mass is 9.85. The summed E-state index contributed by atoms with van der Waals surface area (Å²) in [5.41, 5.74) is 1.56. The van der Waals surface area contributed by atoms with Gasteiger partial charge in [0.2, 0.25) is 0 Å². The van der Waals surface area contributed by atoms with Crippen LogP contribution in [0, 0.1) is 5.92 Å². The summed E-state index contributed by atoms with van der Waals surface area (Å²) in [5, 5.41) is 0. The van der Waals surface area contributed by atoms with Gasteiger partial charge in [0, 0.05) is 6.04 Å². The van der Waals surface area contributed by atoms with Gasteiger partial charge in [-0.1, -0.05) is 18.6 Å². The van der Waals surface area contributed by atoms with E-state index in [1.807, 2.05) is 0 Å². The smallest absolute Gasteiger partial charge is 0.0155 e. The van der Waals surface area contributed by atoms with Crippen molar-refractivity contribution in [3.63, 3.8) is 0 Å². The molecule has 1 heteroatoms. The fourth-order valence-electron chi connectivity index (χ4n) is 1.93. The topological polar surface area (TPSA) is 3.24 Å². The van der Waals surface area contributed by atoms with Crippen LogP contribution in [-0.2, 0) is 0 Å². The predicted molar refractivity (Wildman–Crippen MR) is 49.6 cm³/mol. The van der Waals surface area contributed by atoms with Gasteiger partial charge in [0.1, 0.15) is 0 Å². The molecule has 0 amide bonds. The summed E-state index contributed by atoms with van der Waals surface area (Å²) >= 11 is 0. The Kier molecular flexibility index (Phi) is 2.72. The molecule has 2 unspecified atom stereocenters. The summed E-state index contributed by atoms with van der Waals surface area (Å²) in [4.78, 5) is 2.35. The monoisotopic (exact) mass is 153 g/mol. The minimum atomic E-state index is 0.749. The van der Waals surface area contributed by atoms with Crippen molar-refractivity contribution in [3.05, 3.63) is 11.6 Å². The summed E-state index contributed by atoms with van der Waals surface area (Å²) < 4.78 is 0. The fourth-order valence-corrected chi connectivity index (χ4v) is 1.93. The first kappa shape index (κ1) is 8.79. The van der Waals surface area contributed by atoms with Crippen LogP contribution < -0.4 is 0 Å². The van der Waals surface area contributed by atoms with Crippen LogP contribution in [0.2, 0.25) is 0 Å². The molecule has 0 aromatic carbocycles. The molecule has 0 bridgehead atoms. The van der Waals surface area contributed by atoms with Crippen molar-refractivity contribution in [2.45, 2.75) is 32.7 Å². The molecule has 1 aliphatic carbocycles. The lowest BCUT2D eigenvalue weighted by molar-refractivity contribution is 0.220. The van der Waals surface area contributed by atoms with Gasteiger partial charge in [-0.15, -0.1) is 0 Å². The highest BCUT2D eigenvalue weighted by molar-refractivity contribution is 5.09. The summed E-state index contributed by atoms with van der Waals surface area (Å²) in [6.45, 7) is 4.58. The predicted octanol–water partition coefficient (Wildman–Crippen LogP) is 2.29. The second-order valence-corrected chi connectivity index (χ2v) is 3.85. The maximum absolute atomic E-state index is 2.38. The average Bonchev–Trinajstić information content (AvgIpc) is 1.94. The van der Waals surface area contributed by atoms with Gasteiger partial charge in [-0.3, -0.25) is 0 Å². The molecule has 0 aromatic rings. The van der Waals surface area contributed by atoms with E-state index in [-0.39, 0.29) is 0 Å². The first-order valence-corrected chi connectivity index (χ1v) is 4.46. The van der Waals surface area contributed by atoms with Crippen LogP contribution in [0.15, 0.2) is 11.6 Å². The Morgan fingerprint density at radius 3 is 2.55 bits per heavy atom. The maximum Gasteiger partial charge on any atom is 0.0155 e. The van der Waals surface area contributed by atoms with Crippen LogP contribution in [0.4, 0.5) is 0 Å². The zero-order valence-electron chi connectivity index (χ0n) is 8.09. The number of nitrogens with zero attached hydrogens (tertiary/aromatic N) is 1. The molecule has 0 fully saturated rings. The second-order valence-electron chi connectivity index (χ2n) is 3.85. The van der Waals surface area contributed by atoms with Crippen LogP contribution in [0.25, 0.3) is 0 Å². The first-order valence-electron chi connectivity index (χ1n) is 4.46. The third-order valence-corrected chi connectivity index (χ3v) is 2.89. The van der Waals surface area contributed by atoms with Crippen LogP contribution in [-0.4, -0.2) is 25.0 Å². The van der Waals surface area contributed by atoms with Crippen molar-refractivity contribution < 1.29 is 0 Å². The van der Waals surface area contributed by atoms with Gasteiger partial charge < -0.3 is 4.90 Å². The molecule has 0 saturated carbocycles. The number of rotatable bonds is 1. The lowest BCUT2D eigenvalue weighted by Gasteiger charge is -2.33. The standard InChI is InChI=1S/C10H19N/c1-8-6-5-7-10(9(8)2)11(3)4/h6,9-10H,5,7H2,1-4H3. The molecule has 11 heavy (non-hydrogen) atoms. The van der Waals surface area contributed by atoms with Crippen LogP contribution in [0.3, 0.4) is 0 Å². The molecule has 0 N–H and O–H groups in total. The molecule has 2 atom stereocenters. The normalized spacial score (nSPS) is 32.3. The molecule has 1 rings (SSSR count). The number of hydrogen-bond acceptors (Lipinski definition) is 1. The molecule has 0 saturated heterocycles. The van der Waals surface area contributed by atoms with Gasteiger partial charge in [-0.05, 0) is 39.8 Å². The molecular weight excluding hydrogens is 134 g/mol. The summed E-state index contributed by atoms with van der Waals surface area (Å²) in [7, 11) is 4.36. The first-order chi connectivity index (χ1) is 5.13. The zero-order chi connectivity index (χ0) is 8.43. The summed E-state index contributed by atoms with van der Waals surface area (Å²) in [6, 6.07) is 0.764. The molecule has 0 aromatic heterocycles. The van der Waals surface area contributed by atoms with Crippen LogP contribution >= 0.6 is 0 Å². The highest BCUT2D eigenvalue weighted by atomic mass is 15.1. The minimum absolute atomic E-state index is 0.749. The Bertz CT molecular complexity index is 158. The van der Waals surface area contributed by atoms with Crippen molar-refractivity contribution in [2.75, 3.05) is 14.1 Å². The van der Waals surface area contributed by atoms with Gasteiger partial charge in [0.05, 0.1) is 0 Å². The summed E-state index contributed by atoms with van der Waals surface area (Å²) in [5.74, 6) is 0.749. The molecule has 1 aliphatic rings. The van der Waals surface area contributed by atoms with E-state index in [4.69, 9.17) is 0 Å². The van der Waals surface area contributed by atoms with Crippen molar-refractivity contribution in [3.8, 4) is 0 Å². The third-order valence-electron chi connectivity index (χ3n) is 2.89. The molecular formula is C10H19N. The van der Waals surface area contributed by atoms with Gasteiger partial charge in [-0.25, -0.2) is 0 Å². The molecule has 0 spiro atoms. The summed E-state index contributed by atoms with van der Waals surface area (Å²) in [6.07, 6.45) is 4.97. The molecule has 0 heterocycles. The van der Waals surface area contributed by atoms with Crippen molar-refractivity contribution in [2.24, 2.45) is 5.92 Å². The third kappa shape index (κ3) is 1.84. The van der Waals surface area contributed by atoms with E-state index >= 15 is 0 Å². The van der Waals surface area contributed by atoms with E-state index in [0.717, 1.165) is 12.0 Å². The van der Waals surface area contributed by atoms with Crippen LogP contribution in [0.5, 0.6) is 0 Å². The van der Waals surface area contributed by atoms with E-state index < -0.39 is 0 Å². The SMILES string of the molecule is CC1=CCCC(N(C)C)C1C. The Morgan fingerprint density at radius 1 is 1.45 bits per heavy atom. The van der Waals surface area contributed by atoms with Gasteiger partial charge in [0.25, 0.3) is 0 Å². The molecule has 1 nitrogen and oxygen atoms in total. The largest absolute Gasteiger partial charge is 0.306 e. The number of allylic oxidation sites excluding steroid dienone is 1. The zero-order valence-corrected chi connectivity index (χ0v) is 8.09. The second kappa shape index (κ2) is 3.40. The highest BCUT2D eigenvalue weighted by Gasteiger charge is 2.22. The highest BCUT2D eigenvalue weighted by Crippen LogP contribution is 2.26. The number of hydrogen-bond donors (Lipinski definition) is 0. The van der Waals surface area contributed by atoms with Crippen molar-refractivity contribution in [1.82, 2.24) is 4.90 Å². The maximum atomic E-state index is 2.38. The van der Waals surface area contributed by atoms with E-state index in [1.54, 1.807) is 5.57 Å². The Morgan fingerprint density at radius 2 is 2.09 bits per heavy atom. The minimum Gasteiger partial charge on any atom is -0.306 e. The van der Waals surface area contributed by atoms with Crippen LogP contribution in [0.1, 0.15) is 26.7 Å². The van der Waals surface area contributed by atoms with E-state index in [2.05, 4.69) is 38.9 Å². The molecule has 64 valence electrons. The quantitative estimate of drug-likeness (QED) is 0.522. The Labute approximate surface area is 70.1 Å². The lowest BCUT2D eigenvalue weighted by Crippen LogP contribution is -2.36. The van der Waals surface area contributed by atoms with Crippen molar-refractivity contribution >= 4 is 0 Å². The molecule has 0 aliphatic heterocycles.